The lowest BCUT2D eigenvalue weighted by Gasteiger charge is -2.27. The average Bonchev–Trinajstić information content (AvgIpc) is 2.97. The van der Waals surface area contributed by atoms with E-state index in [-0.39, 0.29) is 11.0 Å². The Morgan fingerprint density at radius 2 is 1.87 bits per heavy atom. The number of hydrogen-bond donors (Lipinski definition) is 3. The van der Waals surface area contributed by atoms with Crippen LogP contribution >= 0.6 is 0 Å². The predicted molar refractivity (Wildman–Crippen MR) is 149 cm³/mol. The maximum Gasteiger partial charge on any atom is 0.261 e. The fraction of sp³-hybridized carbons (Fsp3) is 0.200. The van der Waals surface area contributed by atoms with E-state index in [1.165, 1.54) is 0 Å². The molecule has 0 spiro atoms. The third-order valence-corrected chi connectivity index (χ3v) is 7.99. The molecule has 0 amide bonds. The molecule has 1 aromatic heterocycles. The predicted octanol–water partition coefficient (Wildman–Crippen LogP) is 4.44. The number of aryl methyl sites for hydroxylation is 1. The van der Waals surface area contributed by atoms with Crippen LogP contribution in [-0.2, 0) is 16.4 Å². The number of sulfonamides is 1. The maximum atomic E-state index is 13.0. The number of nitrogens with one attached hydrogen (secondary N) is 2. The van der Waals surface area contributed by atoms with E-state index in [1.807, 2.05) is 36.4 Å². The van der Waals surface area contributed by atoms with Gasteiger partial charge in [-0.05, 0) is 84.1 Å². The third-order valence-electron chi connectivity index (χ3n) is 6.61. The smallest absolute Gasteiger partial charge is 0.261 e. The van der Waals surface area contributed by atoms with Gasteiger partial charge in [0.1, 0.15) is 11.9 Å². The first-order valence-electron chi connectivity index (χ1n) is 12.6. The van der Waals surface area contributed by atoms with E-state index < -0.39 is 16.1 Å². The minimum absolute atomic E-state index is 0.00813. The normalized spacial score (nSPS) is 15.4. The molecular weight excluding hydrogens is 512 g/mol. The molecule has 0 radical (unpaired) electrons. The Hall–Kier alpha value is -4.23. The molecule has 1 aliphatic heterocycles. The Labute approximate surface area is 228 Å². The minimum atomic E-state index is -3.81. The molecule has 39 heavy (non-hydrogen) atoms. The van der Waals surface area contributed by atoms with Gasteiger partial charge >= 0.3 is 0 Å². The number of anilines is 1. The van der Waals surface area contributed by atoms with Crippen LogP contribution < -0.4 is 14.8 Å². The number of aliphatic hydroxyl groups excluding tert-OH is 1. The molecule has 8 nitrogen and oxygen atoms in total. The summed E-state index contributed by atoms with van der Waals surface area (Å²) in [7, 11) is -3.81. The Bertz CT molecular complexity index is 1590. The quantitative estimate of drug-likeness (QED) is 0.287. The monoisotopic (exact) mass is 540 g/mol. The third kappa shape index (κ3) is 6.44. The summed E-state index contributed by atoms with van der Waals surface area (Å²) in [5.74, 6) is 0.816. The summed E-state index contributed by atoms with van der Waals surface area (Å²) in [5.41, 5.74) is 4.38. The van der Waals surface area contributed by atoms with E-state index in [9.17, 15) is 13.5 Å². The summed E-state index contributed by atoms with van der Waals surface area (Å²) < 4.78 is 34.8. The number of rotatable bonds is 9. The van der Waals surface area contributed by atoms with E-state index in [0.29, 0.717) is 24.3 Å². The molecule has 0 aliphatic carbocycles. The van der Waals surface area contributed by atoms with Crippen LogP contribution in [0.25, 0.3) is 11.1 Å². The molecular formula is C30H28N4O4S. The number of nitriles is 1. The second kappa shape index (κ2) is 11.7. The molecule has 2 unspecified atom stereocenters. The van der Waals surface area contributed by atoms with Crippen molar-refractivity contribution < 1.29 is 18.3 Å². The van der Waals surface area contributed by atoms with E-state index in [2.05, 4.69) is 15.0 Å². The number of aliphatic hydroxyl groups is 1. The lowest BCUT2D eigenvalue weighted by molar-refractivity contribution is 0.146. The first-order valence-corrected chi connectivity index (χ1v) is 14.1. The van der Waals surface area contributed by atoms with Crippen LogP contribution in [0.3, 0.4) is 0 Å². The maximum absolute atomic E-state index is 13.0. The zero-order valence-electron chi connectivity index (χ0n) is 21.1. The molecule has 2 atom stereocenters. The number of benzene rings is 3. The van der Waals surface area contributed by atoms with Gasteiger partial charge in [0.2, 0.25) is 0 Å². The molecule has 4 aromatic rings. The van der Waals surface area contributed by atoms with Crippen molar-refractivity contribution >= 4 is 15.7 Å². The molecule has 3 aromatic carbocycles. The van der Waals surface area contributed by atoms with Crippen LogP contribution in [0.15, 0.2) is 96.2 Å². The van der Waals surface area contributed by atoms with Gasteiger partial charge in [0.15, 0.2) is 0 Å². The van der Waals surface area contributed by atoms with Gasteiger partial charge in [0, 0.05) is 36.7 Å². The summed E-state index contributed by atoms with van der Waals surface area (Å²) >= 11 is 0. The van der Waals surface area contributed by atoms with Crippen LogP contribution in [0.4, 0.5) is 5.69 Å². The van der Waals surface area contributed by atoms with Gasteiger partial charge in [0.25, 0.3) is 10.0 Å². The van der Waals surface area contributed by atoms with Crippen LogP contribution in [-0.4, -0.2) is 37.7 Å². The Kier molecular flexibility index (Phi) is 7.89. The van der Waals surface area contributed by atoms with Gasteiger partial charge in [-0.2, -0.15) is 5.26 Å². The van der Waals surface area contributed by atoms with E-state index >= 15 is 0 Å². The molecule has 0 saturated heterocycles. The van der Waals surface area contributed by atoms with Crippen LogP contribution in [0.2, 0.25) is 0 Å². The molecule has 0 bridgehead atoms. The fourth-order valence-corrected chi connectivity index (χ4v) is 5.61. The summed E-state index contributed by atoms with van der Waals surface area (Å²) in [5, 5.41) is 22.5. The average molecular weight is 541 g/mol. The highest BCUT2D eigenvalue weighted by Gasteiger charge is 2.21. The molecule has 198 valence electrons. The lowest BCUT2D eigenvalue weighted by atomic mass is 9.97. The van der Waals surface area contributed by atoms with Gasteiger partial charge < -0.3 is 15.2 Å². The fourth-order valence-electron chi connectivity index (χ4n) is 4.51. The second-order valence-electron chi connectivity index (χ2n) is 9.38. The molecule has 9 heteroatoms. The van der Waals surface area contributed by atoms with Crippen molar-refractivity contribution in [2.75, 3.05) is 17.8 Å². The zero-order chi connectivity index (χ0) is 27.2. The van der Waals surface area contributed by atoms with Crippen molar-refractivity contribution in [3.63, 3.8) is 0 Å². The summed E-state index contributed by atoms with van der Waals surface area (Å²) in [6, 6.07) is 24.6. The van der Waals surface area contributed by atoms with Crippen LogP contribution in [0.1, 0.15) is 29.2 Å². The van der Waals surface area contributed by atoms with Crippen molar-refractivity contribution in [3.05, 3.63) is 108 Å². The van der Waals surface area contributed by atoms with Crippen molar-refractivity contribution in [1.29, 1.82) is 5.26 Å². The van der Waals surface area contributed by atoms with Crippen molar-refractivity contribution in [2.24, 2.45) is 0 Å². The highest BCUT2D eigenvalue weighted by atomic mass is 32.2. The van der Waals surface area contributed by atoms with Gasteiger partial charge in [-0.15, -0.1) is 0 Å². The van der Waals surface area contributed by atoms with Crippen LogP contribution in [0, 0.1) is 11.3 Å². The Morgan fingerprint density at radius 1 is 1.05 bits per heavy atom. The number of aromatic nitrogens is 1. The second-order valence-corrected chi connectivity index (χ2v) is 11.1. The standard InChI is InChI=1S/C30H28N4O4S/c31-17-21-6-10-26(11-7-21)34-39(36,37)28-5-1-3-22(16-28)23-9-13-30-24(15-23)8-12-27(38-30)19-33-20-29(35)25-4-2-14-32-18-25/h1-7,9-11,13-16,18,27,29,33-35H,8,12,19-20H2. The molecule has 0 saturated carbocycles. The van der Waals surface area contributed by atoms with Crippen molar-refractivity contribution in [1.82, 2.24) is 10.3 Å². The molecule has 2 heterocycles. The first-order chi connectivity index (χ1) is 18.9. The lowest BCUT2D eigenvalue weighted by Crippen LogP contribution is -2.36. The number of nitrogens with zero attached hydrogens (tertiary/aromatic N) is 2. The Morgan fingerprint density at radius 3 is 2.64 bits per heavy atom. The summed E-state index contributed by atoms with van der Waals surface area (Å²) in [6.07, 6.45) is 4.36. The van der Waals surface area contributed by atoms with Gasteiger partial charge in [-0.25, -0.2) is 8.42 Å². The topological polar surface area (TPSA) is 124 Å². The van der Waals surface area contributed by atoms with Crippen LogP contribution in [0.5, 0.6) is 5.75 Å². The molecule has 3 N–H and O–H groups in total. The van der Waals surface area contributed by atoms with E-state index in [1.54, 1.807) is 60.9 Å². The SMILES string of the molecule is N#Cc1ccc(NS(=O)(=O)c2cccc(-c3ccc4c(c3)CCC(CNCC(O)c3cccnc3)O4)c2)cc1. The number of hydrogen-bond acceptors (Lipinski definition) is 7. The van der Waals surface area contributed by atoms with Gasteiger partial charge in [0.05, 0.1) is 22.6 Å². The van der Waals surface area contributed by atoms with Gasteiger partial charge in [-0.3, -0.25) is 9.71 Å². The van der Waals surface area contributed by atoms with Crippen molar-refractivity contribution in [3.8, 4) is 22.9 Å². The number of ether oxygens (including phenoxy) is 1. The number of pyridine rings is 1. The van der Waals surface area contributed by atoms with E-state index in [0.717, 1.165) is 40.8 Å². The molecule has 1 aliphatic rings. The molecule has 0 fully saturated rings. The molecule has 5 rings (SSSR count). The highest BCUT2D eigenvalue weighted by molar-refractivity contribution is 7.92. The van der Waals surface area contributed by atoms with E-state index in [4.69, 9.17) is 10.00 Å². The van der Waals surface area contributed by atoms with Crippen molar-refractivity contribution in [2.45, 2.75) is 29.9 Å². The summed E-state index contributed by atoms with van der Waals surface area (Å²) in [6.45, 7) is 1.03. The number of fused-ring (bicyclic) bond motifs is 1. The highest BCUT2D eigenvalue weighted by Crippen LogP contribution is 2.33. The summed E-state index contributed by atoms with van der Waals surface area (Å²) in [4.78, 5) is 4.19. The Balaban J connectivity index is 1.22. The zero-order valence-corrected chi connectivity index (χ0v) is 21.9. The minimum Gasteiger partial charge on any atom is -0.489 e. The largest absolute Gasteiger partial charge is 0.489 e. The van der Waals surface area contributed by atoms with Gasteiger partial charge in [-0.1, -0.05) is 24.3 Å². The first kappa shape index (κ1) is 26.4.